The number of hydrogen-bond donors (Lipinski definition) is 1. The van der Waals surface area contributed by atoms with Crippen LogP contribution in [0.15, 0.2) is 41.1 Å². The number of benzene rings is 1. The number of hydrogen-bond acceptors (Lipinski definition) is 6. The van der Waals surface area contributed by atoms with E-state index in [9.17, 15) is 14.0 Å². The number of thiophene rings is 1. The van der Waals surface area contributed by atoms with Gasteiger partial charge in [0.25, 0.3) is 0 Å². The molecule has 1 aromatic carbocycles. The van der Waals surface area contributed by atoms with E-state index in [2.05, 4.69) is 10.3 Å². The lowest BCUT2D eigenvalue weighted by atomic mass is 10.1. The first-order chi connectivity index (χ1) is 12.6. The molecule has 3 rings (SSSR count). The second-order valence-corrected chi connectivity index (χ2v) is 7.14. The first-order valence-electron chi connectivity index (χ1n) is 7.73. The number of amides is 1. The Bertz CT molecular complexity index is 922. The number of carbonyl (C=O) groups excluding carboxylic acids is 2. The Morgan fingerprint density at radius 2 is 2.08 bits per heavy atom. The number of nitrogens with zero attached hydrogens (tertiary/aromatic N) is 1. The van der Waals surface area contributed by atoms with Crippen molar-refractivity contribution in [2.75, 3.05) is 12.4 Å². The van der Waals surface area contributed by atoms with Crippen LogP contribution in [0, 0.1) is 5.82 Å². The first kappa shape index (κ1) is 18.2. The van der Waals surface area contributed by atoms with Gasteiger partial charge in [-0.25, -0.2) is 9.37 Å². The Hall–Kier alpha value is -2.58. The van der Waals surface area contributed by atoms with Gasteiger partial charge in [-0.05, 0) is 29.6 Å². The molecule has 0 aliphatic carbocycles. The molecular formula is C18H15FN2O3S2. The molecule has 1 N–H and O–H groups in total. The zero-order valence-electron chi connectivity index (χ0n) is 13.8. The zero-order valence-corrected chi connectivity index (χ0v) is 15.5. The zero-order chi connectivity index (χ0) is 18.5. The number of nitrogens with one attached hydrogen (secondary N) is 1. The summed E-state index contributed by atoms with van der Waals surface area (Å²) >= 11 is 2.60. The van der Waals surface area contributed by atoms with E-state index in [1.54, 1.807) is 23.6 Å². The summed E-state index contributed by atoms with van der Waals surface area (Å²) in [6.07, 6.45) is 0.233. The maximum absolute atomic E-state index is 13.8. The minimum absolute atomic E-state index is 0.0521. The number of ketones is 1. The molecule has 2 heterocycles. The lowest BCUT2D eigenvalue weighted by Crippen LogP contribution is -2.13. The fraction of sp³-hybridized carbons (Fsp3) is 0.167. The molecule has 0 spiro atoms. The Balaban J connectivity index is 1.58. The van der Waals surface area contributed by atoms with Crippen LogP contribution in [0.5, 0.6) is 5.75 Å². The van der Waals surface area contributed by atoms with E-state index < -0.39 is 5.82 Å². The summed E-state index contributed by atoms with van der Waals surface area (Å²) in [6.45, 7) is 0. The van der Waals surface area contributed by atoms with Gasteiger partial charge in [-0.15, -0.1) is 22.7 Å². The second-order valence-electron chi connectivity index (χ2n) is 5.34. The van der Waals surface area contributed by atoms with Crippen molar-refractivity contribution < 1.29 is 18.7 Å². The Kier molecular flexibility index (Phi) is 5.75. The standard InChI is InChI=1S/C18H15FN2O3S2/c1-24-15-6-4-11(9-12(15)19)13-10-26-18(20-13)21-17(23)7-5-14(22)16-3-2-8-25-16/h2-4,6,8-10H,5,7H2,1H3,(H,20,21,23). The maximum Gasteiger partial charge on any atom is 0.226 e. The third-order valence-corrected chi connectivity index (χ3v) is 5.24. The topological polar surface area (TPSA) is 68.3 Å². The molecule has 0 radical (unpaired) electrons. The summed E-state index contributed by atoms with van der Waals surface area (Å²) in [7, 11) is 1.40. The van der Waals surface area contributed by atoms with E-state index >= 15 is 0 Å². The number of rotatable bonds is 7. The van der Waals surface area contributed by atoms with Crippen LogP contribution in [0.2, 0.25) is 0 Å². The van der Waals surface area contributed by atoms with Crippen LogP contribution in [0.1, 0.15) is 22.5 Å². The van der Waals surface area contributed by atoms with E-state index in [1.807, 2.05) is 5.38 Å². The van der Waals surface area contributed by atoms with Crippen LogP contribution in [-0.4, -0.2) is 23.8 Å². The summed E-state index contributed by atoms with van der Waals surface area (Å²) in [5, 5.41) is 6.63. The van der Waals surface area contributed by atoms with Crippen LogP contribution in [0.4, 0.5) is 9.52 Å². The summed E-state index contributed by atoms with van der Waals surface area (Å²) < 4.78 is 18.7. The quantitative estimate of drug-likeness (QED) is 0.598. The lowest BCUT2D eigenvalue weighted by Gasteiger charge is -2.03. The van der Waals surface area contributed by atoms with Crippen molar-refractivity contribution >= 4 is 39.5 Å². The molecule has 0 fully saturated rings. The molecule has 26 heavy (non-hydrogen) atoms. The van der Waals surface area contributed by atoms with Crippen LogP contribution in [-0.2, 0) is 4.79 Å². The number of thiazole rings is 1. The number of Topliss-reactive ketones (excluding diaryl/α,β-unsaturated/α-hetero) is 1. The summed E-state index contributed by atoms with van der Waals surface area (Å²) in [5.41, 5.74) is 1.15. The summed E-state index contributed by atoms with van der Waals surface area (Å²) in [5.74, 6) is -0.649. The number of carbonyl (C=O) groups is 2. The monoisotopic (exact) mass is 390 g/mol. The van der Waals surface area contributed by atoms with Crippen molar-refractivity contribution in [2.45, 2.75) is 12.8 Å². The highest BCUT2D eigenvalue weighted by atomic mass is 32.1. The van der Waals surface area contributed by atoms with Crippen molar-refractivity contribution in [1.82, 2.24) is 4.98 Å². The molecule has 3 aromatic rings. The fourth-order valence-corrected chi connectivity index (χ4v) is 3.69. The van der Waals surface area contributed by atoms with Crippen molar-refractivity contribution in [3.63, 3.8) is 0 Å². The molecule has 1 amide bonds. The van der Waals surface area contributed by atoms with Gasteiger partial charge in [-0.1, -0.05) is 6.07 Å². The minimum Gasteiger partial charge on any atom is -0.494 e. The van der Waals surface area contributed by atoms with Gasteiger partial charge in [0.15, 0.2) is 22.5 Å². The summed E-state index contributed by atoms with van der Waals surface area (Å²) in [6, 6.07) is 8.10. The third kappa shape index (κ3) is 4.33. The summed E-state index contributed by atoms with van der Waals surface area (Å²) in [4.78, 5) is 28.8. The molecule has 0 bridgehead atoms. The molecule has 0 aliphatic heterocycles. The van der Waals surface area contributed by atoms with Gasteiger partial charge in [0.1, 0.15) is 0 Å². The highest BCUT2D eigenvalue weighted by molar-refractivity contribution is 7.14. The van der Waals surface area contributed by atoms with Gasteiger partial charge < -0.3 is 10.1 Å². The van der Waals surface area contributed by atoms with Gasteiger partial charge in [0.2, 0.25) is 5.91 Å². The second kappa shape index (κ2) is 8.20. The number of ether oxygens (including phenoxy) is 1. The molecule has 134 valence electrons. The highest BCUT2D eigenvalue weighted by Gasteiger charge is 2.13. The Labute approximate surface area is 157 Å². The highest BCUT2D eigenvalue weighted by Crippen LogP contribution is 2.28. The molecule has 0 unspecified atom stereocenters. The van der Waals surface area contributed by atoms with Crippen LogP contribution in [0.25, 0.3) is 11.3 Å². The molecule has 0 atom stereocenters. The first-order valence-corrected chi connectivity index (χ1v) is 9.48. The van der Waals surface area contributed by atoms with Crippen LogP contribution < -0.4 is 10.1 Å². The number of aromatic nitrogens is 1. The molecule has 0 saturated carbocycles. The SMILES string of the molecule is COc1ccc(-c2csc(NC(=O)CCC(=O)c3cccs3)n2)cc1F. The van der Waals surface area contributed by atoms with Crippen molar-refractivity contribution in [3.05, 3.63) is 51.8 Å². The molecular weight excluding hydrogens is 375 g/mol. The maximum atomic E-state index is 13.8. The Morgan fingerprint density at radius 1 is 1.23 bits per heavy atom. The normalized spacial score (nSPS) is 10.5. The van der Waals surface area contributed by atoms with Gasteiger partial charge in [0, 0.05) is 23.8 Å². The average Bonchev–Trinajstić information content (AvgIpc) is 3.31. The van der Waals surface area contributed by atoms with Crippen LogP contribution in [0.3, 0.4) is 0 Å². The molecule has 5 nitrogen and oxygen atoms in total. The molecule has 0 saturated heterocycles. The van der Waals surface area contributed by atoms with Gasteiger partial charge >= 0.3 is 0 Å². The predicted octanol–water partition coefficient (Wildman–Crippen LogP) is 4.62. The smallest absolute Gasteiger partial charge is 0.226 e. The number of anilines is 1. The predicted molar refractivity (Wildman–Crippen MR) is 101 cm³/mol. The molecule has 2 aromatic heterocycles. The fourth-order valence-electron chi connectivity index (χ4n) is 2.26. The lowest BCUT2D eigenvalue weighted by molar-refractivity contribution is -0.116. The van der Waals surface area contributed by atoms with Crippen molar-refractivity contribution in [1.29, 1.82) is 0 Å². The van der Waals surface area contributed by atoms with Gasteiger partial charge in [-0.3, -0.25) is 9.59 Å². The Morgan fingerprint density at radius 3 is 2.77 bits per heavy atom. The number of halogens is 1. The largest absolute Gasteiger partial charge is 0.494 e. The van der Waals surface area contributed by atoms with Crippen molar-refractivity contribution in [2.24, 2.45) is 0 Å². The number of methoxy groups -OCH3 is 1. The minimum atomic E-state index is -0.476. The third-order valence-electron chi connectivity index (χ3n) is 3.57. The van der Waals surface area contributed by atoms with E-state index in [1.165, 1.54) is 41.9 Å². The molecule has 0 aliphatic rings. The van der Waals surface area contributed by atoms with E-state index in [-0.39, 0.29) is 30.3 Å². The van der Waals surface area contributed by atoms with E-state index in [0.717, 1.165) is 0 Å². The van der Waals surface area contributed by atoms with Crippen molar-refractivity contribution in [3.8, 4) is 17.0 Å². The van der Waals surface area contributed by atoms with E-state index in [0.29, 0.717) is 21.3 Å². The molecule has 8 heteroatoms. The van der Waals surface area contributed by atoms with Gasteiger partial charge in [0.05, 0.1) is 17.7 Å². The van der Waals surface area contributed by atoms with Crippen LogP contribution >= 0.6 is 22.7 Å². The van der Waals surface area contributed by atoms with E-state index in [4.69, 9.17) is 4.74 Å². The van der Waals surface area contributed by atoms with Gasteiger partial charge in [-0.2, -0.15) is 0 Å². The average molecular weight is 390 g/mol.